The second-order valence-corrected chi connectivity index (χ2v) is 21.1. The number of para-hydroxylation sites is 3. The quantitative estimate of drug-likeness (QED) is 0.118. The molecule has 7 nitrogen and oxygen atoms in total. The summed E-state index contributed by atoms with van der Waals surface area (Å²) in [6.07, 6.45) is 3.30. The van der Waals surface area contributed by atoms with Gasteiger partial charge in [0.2, 0.25) is 0 Å². The van der Waals surface area contributed by atoms with E-state index in [1.54, 1.807) is 35.4 Å². The summed E-state index contributed by atoms with van der Waals surface area (Å²) < 4.78 is 84.0. The fraction of sp³-hybridized carbons (Fsp3) is 0.224. The Kier molecular flexibility index (Phi) is 8.88. The number of pyridine rings is 1. The van der Waals surface area contributed by atoms with Gasteiger partial charge in [0.25, 0.3) is 0 Å². The van der Waals surface area contributed by atoms with Crippen molar-refractivity contribution in [3.63, 3.8) is 0 Å². The van der Waals surface area contributed by atoms with Gasteiger partial charge in [-0.2, -0.15) is 5.10 Å². The van der Waals surface area contributed by atoms with Crippen molar-refractivity contribution < 1.29 is 35.1 Å². The molecule has 0 saturated carbocycles. The van der Waals surface area contributed by atoms with Crippen molar-refractivity contribution in [1.29, 1.82) is 0 Å². The molecule has 67 heavy (non-hydrogen) atoms. The fourth-order valence-electron chi connectivity index (χ4n) is 8.68. The summed E-state index contributed by atoms with van der Waals surface area (Å²) in [5.74, 6) is 1.12. The van der Waals surface area contributed by atoms with Gasteiger partial charge in [-0.15, -0.1) is 0 Å². The molecule has 1 aliphatic rings. The summed E-state index contributed by atoms with van der Waals surface area (Å²) in [5.41, 5.74) is 9.56. The van der Waals surface area contributed by atoms with Crippen molar-refractivity contribution in [2.75, 3.05) is 4.81 Å². The maximum absolute atomic E-state index is 9.27. The third-order valence-electron chi connectivity index (χ3n) is 12.3. The molecule has 0 bridgehead atoms. The van der Waals surface area contributed by atoms with Gasteiger partial charge < -0.3 is 0 Å². The molecule has 0 spiro atoms. The average molecular weight is 1070 g/mol. The number of nitrogens with zero attached hydrogens (tertiary/aromatic N) is 6. The summed E-state index contributed by atoms with van der Waals surface area (Å²) in [6, 6.07) is 40.4. The summed E-state index contributed by atoms with van der Waals surface area (Å²) >= 11 is 2.30. The van der Waals surface area contributed by atoms with Crippen molar-refractivity contribution in [2.24, 2.45) is 0 Å². The molecular weight excluding hydrogens is 1000 g/mol. The van der Waals surface area contributed by atoms with Gasteiger partial charge in [-0.25, -0.2) is 0 Å². The Labute approximate surface area is 417 Å². The second kappa shape index (κ2) is 16.7. The van der Waals surface area contributed by atoms with Gasteiger partial charge in [-0.3, -0.25) is 0 Å². The van der Waals surface area contributed by atoms with Crippen LogP contribution in [0, 0.1) is 15.9 Å². The van der Waals surface area contributed by atoms with Gasteiger partial charge in [0.05, 0.1) is 0 Å². The molecule has 0 amide bonds. The van der Waals surface area contributed by atoms with E-state index in [0.29, 0.717) is 55.0 Å². The summed E-state index contributed by atoms with van der Waals surface area (Å²) in [5, 5.41) is 4.50. The van der Waals surface area contributed by atoms with E-state index >= 15 is 0 Å². The Morgan fingerprint density at radius 1 is 0.627 bits per heavy atom. The molecule has 0 N–H and O–H groups in total. The molecule has 0 atom stereocenters. The SMILES string of the molecule is [2H]c1c([2H])c([2H])c(-c2cccc(-c3cc(C(C)(C)C)cc(C(C)(C)C)c3)c2-n2[c](=[Pt])n(-c3[c-]c(Oc4[c-]c5c(cc4)-c4ccnn4B(C([2H])([2H])[2H])N5c4cc(C(C)(C)C)ccn4)ccc3)c3ccccc32)c([2H])c1[2H]. The third kappa shape index (κ3) is 8.14. The third-order valence-corrected chi connectivity index (χ3v) is 13.4. The van der Waals surface area contributed by atoms with Gasteiger partial charge in [-0.05, 0) is 17.0 Å². The Morgan fingerprint density at radius 3 is 1.97 bits per heavy atom. The van der Waals surface area contributed by atoms with E-state index in [1.165, 1.54) is 4.59 Å². The van der Waals surface area contributed by atoms with Crippen LogP contribution in [-0.4, -0.2) is 30.8 Å². The zero-order valence-electron chi connectivity index (χ0n) is 47.0. The van der Waals surface area contributed by atoms with E-state index in [-0.39, 0.29) is 33.9 Å². The van der Waals surface area contributed by atoms with Crippen LogP contribution in [0.5, 0.6) is 11.5 Å². The Morgan fingerprint density at radius 2 is 1.28 bits per heavy atom. The molecule has 0 saturated heterocycles. The van der Waals surface area contributed by atoms with Crippen LogP contribution in [0.2, 0.25) is 6.75 Å². The predicted octanol–water partition coefficient (Wildman–Crippen LogP) is 14.5. The van der Waals surface area contributed by atoms with E-state index in [1.807, 2.05) is 72.8 Å². The van der Waals surface area contributed by atoms with E-state index in [0.717, 1.165) is 38.9 Å². The van der Waals surface area contributed by atoms with E-state index in [9.17, 15) is 2.74 Å². The number of hydrogen-bond donors (Lipinski definition) is 0. The van der Waals surface area contributed by atoms with Crippen LogP contribution in [0.3, 0.4) is 0 Å². The Balaban J connectivity index is 1.16. The van der Waals surface area contributed by atoms with Gasteiger partial charge in [0.15, 0.2) is 0 Å². The monoisotopic (exact) mass is 1070 g/mol. The molecule has 6 aromatic carbocycles. The molecule has 0 radical (unpaired) electrons. The first-order valence-electron chi connectivity index (χ1n) is 26.4. The standard InChI is InChI=1S/C58H55BN6O.Pt/c1-56(2,3)41-28-30-60-54(35-41)64-53-37-46(26-27-49(53)50-29-31-61-65(50)59(64)10)66-45-21-16-20-44(36-45)62-38-63(52-25-15-14-24-51(52)62)55-47(39-18-12-11-13-19-39)22-17-23-48(55)40-32-42(57(4,5)6)34-43(33-40)58(7,8)9;/h11-35H,1-10H3;/q-2;/i10D3,11D,12D,13D,18D,19D;. The van der Waals surface area contributed by atoms with Crippen LogP contribution in [0.25, 0.3) is 55.9 Å². The second-order valence-electron chi connectivity index (χ2n) is 20.0. The van der Waals surface area contributed by atoms with Gasteiger partial charge >= 0.3 is 360 Å². The van der Waals surface area contributed by atoms with E-state index < -0.39 is 31.9 Å². The van der Waals surface area contributed by atoms with Gasteiger partial charge in [0.1, 0.15) is 0 Å². The fourth-order valence-corrected chi connectivity index (χ4v) is 9.76. The number of ether oxygens (including phenoxy) is 1. The van der Waals surface area contributed by atoms with Crippen LogP contribution < -0.4 is 9.55 Å². The van der Waals surface area contributed by atoms with Crippen LogP contribution in [-0.2, 0) is 35.6 Å². The molecule has 9 heteroatoms. The normalized spacial score (nSPS) is 14.9. The Bertz CT molecular complexity index is 3760. The minimum absolute atomic E-state index is 0.0930. The van der Waals surface area contributed by atoms with E-state index in [4.69, 9.17) is 17.9 Å². The maximum atomic E-state index is 9.27. The number of hydrogen-bond acceptors (Lipinski definition) is 4. The van der Waals surface area contributed by atoms with Crippen molar-refractivity contribution in [3.05, 3.63) is 184 Å². The number of imidazole rings is 1. The molecule has 1 aliphatic heterocycles. The molecule has 0 fully saturated rings. The van der Waals surface area contributed by atoms with Crippen molar-refractivity contribution >= 4 is 29.5 Å². The number of fused-ring (bicyclic) bond motifs is 4. The van der Waals surface area contributed by atoms with Crippen LogP contribution in [0.4, 0.5) is 11.5 Å². The van der Waals surface area contributed by atoms with Crippen molar-refractivity contribution in [2.45, 2.75) is 85.3 Å². The summed E-state index contributed by atoms with van der Waals surface area (Å²) in [4.78, 5) is 6.40. The topological polar surface area (TPSA) is 53.0 Å². The first-order valence-corrected chi connectivity index (χ1v) is 23.5. The minimum atomic E-state index is -2.53. The molecule has 0 unspecified atom stereocenters. The molecule has 3 aromatic heterocycles. The average Bonchev–Trinajstić information content (AvgIpc) is 3.99. The van der Waals surface area contributed by atoms with Gasteiger partial charge in [-0.1, -0.05) is 20.8 Å². The number of benzene rings is 6. The molecule has 0 aliphatic carbocycles. The van der Waals surface area contributed by atoms with Crippen LogP contribution in [0.15, 0.2) is 152 Å². The summed E-state index contributed by atoms with van der Waals surface area (Å²) in [6.45, 7) is 15.7. The van der Waals surface area contributed by atoms with Gasteiger partial charge in [0, 0.05) is 16.5 Å². The van der Waals surface area contributed by atoms with Crippen molar-refractivity contribution in [3.8, 4) is 56.4 Å². The molecule has 9 aromatic rings. The number of rotatable bonds is 7. The zero-order chi connectivity index (χ0) is 53.8. The molecular formula is C58H55BN6OPt-2. The van der Waals surface area contributed by atoms with Crippen molar-refractivity contribution in [1.82, 2.24) is 23.8 Å². The molecule has 338 valence electrons. The van der Waals surface area contributed by atoms with E-state index in [2.05, 4.69) is 126 Å². The Hall–Kier alpha value is -6.50. The predicted molar refractivity (Wildman–Crippen MR) is 272 cm³/mol. The van der Waals surface area contributed by atoms with Crippen LogP contribution >= 0.6 is 0 Å². The first-order chi connectivity index (χ1) is 35.2. The zero-order valence-corrected chi connectivity index (χ0v) is 41.3. The molecule has 10 rings (SSSR count). The number of aromatic nitrogens is 5. The molecule has 4 heterocycles. The first kappa shape index (κ1) is 35.7. The van der Waals surface area contributed by atoms with Crippen LogP contribution in [0.1, 0.15) is 90.0 Å². The number of anilines is 2. The summed E-state index contributed by atoms with van der Waals surface area (Å²) in [7, 11) is 0.